The molecule has 5 heteroatoms. The number of H-pyrrole nitrogens is 1. The maximum Gasteiger partial charge on any atom is 0.257 e. The lowest BCUT2D eigenvalue weighted by atomic mass is 10.2. The van der Waals surface area contributed by atoms with Gasteiger partial charge in [-0.05, 0) is 13.3 Å². The summed E-state index contributed by atoms with van der Waals surface area (Å²) in [5.41, 5.74) is -0.00375. The summed E-state index contributed by atoms with van der Waals surface area (Å²) in [5, 5.41) is 9.43. The fraction of sp³-hybridized carbons (Fsp3) is 0.556. The van der Waals surface area contributed by atoms with Crippen LogP contribution in [-0.2, 0) is 11.2 Å². The first-order chi connectivity index (χ1) is 6.60. The van der Waals surface area contributed by atoms with E-state index in [9.17, 15) is 9.90 Å². The Bertz CT molecular complexity index is 373. The molecule has 0 aliphatic rings. The van der Waals surface area contributed by atoms with Crippen LogP contribution in [0, 0.1) is 0 Å². The Balaban J connectivity index is 3.21. The summed E-state index contributed by atoms with van der Waals surface area (Å²) in [6.07, 6.45) is 0.120. The Morgan fingerprint density at radius 3 is 2.71 bits per heavy atom. The van der Waals surface area contributed by atoms with Crippen LogP contribution in [0.2, 0.25) is 0 Å². The fourth-order valence-electron chi connectivity index (χ4n) is 1.13. The summed E-state index contributed by atoms with van der Waals surface area (Å²) >= 11 is 0. The van der Waals surface area contributed by atoms with Crippen molar-refractivity contribution in [2.45, 2.75) is 26.4 Å². The van der Waals surface area contributed by atoms with Crippen LogP contribution in [0.4, 0.5) is 0 Å². The molecule has 1 atom stereocenters. The van der Waals surface area contributed by atoms with Crippen molar-refractivity contribution in [1.82, 2.24) is 9.97 Å². The van der Waals surface area contributed by atoms with Gasteiger partial charge in [-0.25, -0.2) is 0 Å². The molecule has 1 heterocycles. The summed E-state index contributed by atoms with van der Waals surface area (Å²) in [6.45, 7) is 3.52. The van der Waals surface area contributed by atoms with Gasteiger partial charge in [0.2, 0.25) is 5.88 Å². The molecule has 0 aromatic carbocycles. The van der Waals surface area contributed by atoms with Gasteiger partial charge in [0.15, 0.2) is 0 Å². The highest BCUT2D eigenvalue weighted by molar-refractivity contribution is 5.22. The van der Waals surface area contributed by atoms with Crippen LogP contribution in [0.5, 0.6) is 5.88 Å². The Kier molecular flexibility index (Phi) is 3.24. The molecule has 0 fully saturated rings. The van der Waals surface area contributed by atoms with E-state index in [1.165, 1.54) is 7.11 Å². The number of rotatable bonds is 3. The molecule has 0 aliphatic carbocycles. The van der Waals surface area contributed by atoms with E-state index >= 15 is 0 Å². The number of hydrogen-bond donors (Lipinski definition) is 2. The third kappa shape index (κ3) is 1.93. The van der Waals surface area contributed by atoms with Gasteiger partial charge >= 0.3 is 0 Å². The van der Waals surface area contributed by atoms with Gasteiger partial charge < -0.3 is 14.8 Å². The van der Waals surface area contributed by atoms with Crippen molar-refractivity contribution in [1.29, 1.82) is 0 Å². The molecule has 1 aromatic heterocycles. The normalized spacial score (nSPS) is 12.8. The monoisotopic (exact) mass is 198 g/mol. The zero-order chi connectivity index (χ0) is 10.7. The highest BCUT2D eigenvalue weighted by atomic mass is 16.5. The van der Waals surface area contributed by atoms with E-state index in [2.05, 4.69) is 9.97 Å². The van der Waals surface area contributed by atoms with Gasteiger partial charge in [-0.15, -0.1) is 0 Å². The molecule has 0 aliphatic heterocycles. The van der Waals surface area contributed by atoms with Crippen LogP contribution in [0.25, 0.3) is 0 Å². The van der Waals surface area contributed by atoms with Crippen molar-refractivity contribution in [2.24, 2.45) is 0 Å². The molecule has 1 aromatic rings. The number of aromatic hydroxyl groups is 1. The molecular formula is C9H14N2O3. The highest BCUT2D eigenvalue weighted by Crippen LogP contribution is 2.14. The third-order valence-corrected chi connectivity index (χ3v) is 2.10. The van der Waals surface area contributed by atoms with Crippen LogP contribution < -0.4 is 5.56 Å². The SMILES string of the molecule is CCc1c(O)nc(C(C)OC)[nH]c1=O. The van der Waals surface area contributed by atoms with Crippen molar-refractivity contribution in [3.8, 4) is 5.88 Å². The molecule has 14 heavy (non-hydrogen) atoms. The Morgan fingerprint density at radius 1 is 1.64 bits per heavy atom. The number of ether oxygens (including phenoxy) is 1. The van der Waals surface area contributed by atoms with Gasteiger partial charge in [-0.2, -0.15) is 4.98 Å². The predicted molar refractivity (Wildman–Crippen MR) is 51.3 cm³/mol. The van der Waals surface area contributed by atoms with E-state index in [1.54, 1.807) is 13.8 Å². The maximum atomic E-state index is 11.4. The topological polar surface area (TPSA) is 75.2 Å². The molecule has 5 nitrogen and oxygen atoms in total. The zero-order valence-electron chi connectivity index (χ0n) is 8.50. The van der Waals surface area contributed by atoms with E-state index in [-0.39, 0.29) is 17.5 Å². The summed E-state index contributed by atoms with van der Waals surface area (Å²) < 4.78 is 4.98. The standard InChI is InChI=1S/C9H14N2O3/c1-4-6-8(12)10-7(5(2)14-3)11-9(6)13/h5H,4H2,1-3H3,(H2,10,11,12,13). The van der Waals surface area contributed by atoms with E-state index in [1.807, 2.05) is 0 Å². The molecule has 0 radical (unpaired) electrons. The van der Waals surface area contributed by atoms with Crippen LogP contribution in [0.3, 0.4) is 0 Å². The van der Waals surface area contributed by atoms with Gasteiger partial charge in [0.1, 0.15) is 11.9 Å². The van der Waals surface area contributed by atoms with Gasteiger partial charge in [-0.1, -0.05) is 6.92 Å². The van der Waals surface area contributed by atoms with Gasteiger partial charge in [0.25, 0.3) is 5.56 Å². The number of aromatic amines is 1. The van der Waals surface area contributed by atoms with Gasteiger partial charge in [0, 0.05) is 7.11 Å². The minimum absolute atomic E-state index is 0.213. The Hall–Kier alpha value is -1.36. The first-order valence-electron chi connectivity index (χ1n) is 4.45. The minimum atomic E-state index is -0.334. The van der Waals surface area contributed by atoms with Crippen molar-refractivity contribution < 1.29 is 9.84 Å². The molecule has 2 N–H and O–H groups in total. The van der Waals surface area contributed by atoms with Crippen molar-refractivity contribution in [3.05, 3.63) is 21.7 Å². The van der Waals surface area contributed by atoms with Crippen LogP contribution >= 0.6 is 0 Å². The third-order valence-electron chi connectivity index (χ3n) is 2.10. The second-order valence-corrected chi connectivity index (χ2v) is 2.98. The number of hydrogen-bond acceptors (Lipinski definition) is 4. The molecule has 1 rings (SSSR count). The first-order valence-corrected chi connectivity index (χ1v) is 4.45. The molecule has 0 saturated carbocycles. The van der Waals surface area contributed by atoms with Crippen molar-refractivity contribution >= 4 is 0 Å². The van der Waals surface area contributed by atoms with E-state index in [0.717, 1.165) is 0 Å². The van der Waals surface area contributed by atoms with E-state index in [0.29, 0.717) is 17.8 Å². The van der Waals surface area contributed by atoms with E-state index < -0.39 is 0 Å². The molecule has 1 unspecified atom stereocenters. The summed E-state index contributed by atoms with van der Waals surface area (Å²) in [7, 11) is 1.51. The minimum Gasteiger partial charge on any atom is -0.493 e. The fourth-order valence-corrected chi connectivity index (χ4v) is 1.13. The second kappa shape index (κ2) is 4.23. The van der Waals surface area contributed by atoms with Gasteiger partial charge in [0.05, 0.1) is 5.56 Å². The second-order valence-electron chi connectivity index (χ2n) is 2.98. The van der Waals surface area contributed by atoms with Crippen LogP contribution in [0.15, 0.2) is 4.79 Å². The maximum absolute atomic E-state index is 11.4. The Labute approximate surface area is 81.8 Å². The quantitative estimate of drug-likeness (QED) is 0.751. The Morgan fingerprint density at radius 2 is 2.29 bits per heavy atom. The molecule has 0 amide bonds. The van der Waals surface area contributed by atoms with Crippen LogP contribution in [0.1, 0.15) is 31.3 Å². The van der Waals surface area contributed by atoms with Crippen molar-refractivity contribution in [2.75, 3.05) is 7.11 Å². The average molecular weight is 198 g/mol. The molecule has 0 bridgehead atoms. The van der Waals surface area contributed by atoms with E-state index in [4.69, 9.17) is 4.74 Å². The molecule has 0 saturated heterocycles. The predicted octanol–water partition coefficient (Wildman–Crippen LogP) is 0.745. The smallest absolute Gasteiger partial charge is 0.257 e. The summed E-state index contributed by atoms with van der Waals surface area (Å²) in [6, 6.07) is 0. The zero-order valence-corrected chi connectivity index (χ0v) is 8.50. The number of methoxy groups -OCH3 is 1. The lowest BCUT2D eigenvalue weighted by molar-refractivity contribution is 0.111. The molecular weight excluding hydrogens is 184 g/mol. The largest absolute Gasteiger partial charge is 0.493 e. The molecule has 78 valence electrons. The molecule has 0 spiro atoms. The summed E-state index contributed by atoms with van der Waals surface area (Å²) in [4.78, 5) is 17.8. The number of aromatic nitrogens is 2. The van der Waals surface area contributed by atoms with Gasteiger partial charge in [-0.3, -0.25) is 4.79 Å². The average Bonchev–Trinajstić information content (AvgIpc) is 2.16. The van der Waals surface area contributed by atoms with Crippen molar-refractivity contribution in [3.63, 3.8) is 0 Å². The number of nitrogens with one attached hydrogen (secondary N) is 1. The number of nitrogens with zero attached hydrogens (tertiary/aromatic N) is 1. The van der Waals surface area contributed by atoms with Crippen LogP contribution in [-0.4, -0.2) is 22.2 Å². The lowest BCUT2D eigenvalue weighted by Crippen LogP contribution is -2.18. The first kappa shape index (κ1) is 10.7. The lowest BCUT2D eigenvalue weighted by Gasteiger charge is -2.09. The highest BCUT2D eigenvalue weighted by Gasteiger charge is 2.12. The summed E-state index contributed by atoms with van der Waals surface area (Å²) in [5.74, 6) is 0.127.